The third kappa shape index (κ3) is 3.89. The van der Waals surface area contributed by atoms with Gasteiger partial charge in [-0.05, 0) is 42.7 Å². The van der Waals surface area contributed by atoms with E-state index in [1.54, 1.807) is 0 Å². The molecule has 156 valence electrons. The summed E-state index contributed by atoms with van der Waals surface area (Å²) in [6.07, 6.45) is -1.81. The van der Waals surface area contributed by atoms with E-state index < -0.39 is 28.9 Å². The predicted octanol–water partition coefficient (Wildman–Crippen LogP) is 5.59. The Kier molecular flexibility index (Phi) is 5.01. The number of rotatable bonds is 4. The fraction of sp³-hybridized carbons (Fsp3) is 0.200. The number of nitrogens with zero attached hydrogens (tertiary/aromatic N) is 1. The van der Waals surface area contributed by atoms with Crippen LogP contribution in [0.5, 0.6) is 0 Å². The summed E-state index contributed by atoms with van der Waals surface area (Å²) in [6.45, 7) is 0. The molecule has 10 heteroatoms. The highest BCUT2D eigenvalue weighted by atomic mass is 35.5. The molecule has 0 bridgehead atoms. The molecular weight excluding hydrogens is 429 g/mol. The zero-order chi connectivity index (χ0) is 21.6. The van der Waals surface area contributed by atoms with Crippen molar-refractivity contribution in [1.29, 1.82) is 0 Å². The molecule has 2 aromatic carbocycles. The molecule has 4 rings (SSSR count). The van der Waals surface area contributed by atoms with Crippen LogP contribution in [0.3, 0.4) is 0 Å². The Morgan fingerprint density at radius 2 is 1.80 bits per heavy atom. The number of halogens is 6. The molecule has 0 unspecified atom stereocenters. The van der Waals surface area contributed by atoms with Gasteiger partial charge in [-0.2, -0.15) is 18.3 Å². The van der Waals surface area contributed by atoms with E-state index in [2.05, 4.69) is 15.5 Å². The SMILES string of the molecule is O=C(NC1CC1)c1cc(-c2c[nH]nc2-c2c(F)cc(C(F)(F)F)cc2F)ccc1Cl. The van der Waals surface area contributed by atoms with Crippen LogP contribution in [0.1, 0.15) is 28.8 Å². The number of nitrogens with one attached hydrogen (secondary N) is 2. The summed E-state index contributed by atoms with van der Waals surface area (Å²) in [6, 6.07) is 4.94. The Labute approximate surface area is 172 Å². The van der Waals surface area contributed by atoms with Gasteiger partial charge < -0.3 is 5.32 Å². The lowest BCUT2D eigenvalue weighted by Gasteiger charge is -2.11. The van der Waals surface area contributed by atoms with Gasteiger partial charge >= 0.3 is 6.18 Å². The van der Waals surface area contributed by atoms with Gasteiger partial charge in [0.15, 0.2) is 0 Å². The van der Waals surface area contributed by atoms with E-state index in [4.69, 9.17) is 11.6 Å². The molecule has 1 aliphatic carbocycles. The van der Waals surface area contributed by atoms with Crippen LogP contribution in [0.25, 0.3) is 22.4 Å². The van der Waals surface area contributed by atoms with Crippen LogP contribution in [-0.4, -0.2) is 22.1 Å². The number of hydrogen-bond donors (Lipinski definition) is 2. The van der Waals surface area contributed by atoms with E-state index in [9.17, 15) is 26.7 Å². The zero-order valence-electron chi connectivity index (χ0n) is 15.1. The number of hydrogen-bond acceptors (Lipinski definition) is 2. The minimum atomic E-state index is -4.89. The second-order valence-electron chi connectivity index (χ2n) is 6.90. The molecule has 1 heterocycles. The van der Waals surface area contributed by atoms with Crippen molar-refractivity contribution in [2.45, 2.75) is 25.1 Å². The third-order valence-electron chi connectivity index (χ3n) is 4.68. The van der Waals surface area contributed by atoms with Gasteiger partial charge in [-0.3, -0.25) is 9.89 Å². The number of aromatic amines is 1. The van der Waals surface area contributed by atoms with Gasteiger partial charge in [0.2, 0.25) is 0 Å². The first-order valence-electron chi connectivity index (χ1n) is 8.86. The molecule has 1 fully saturated rings. The molecule has 3 aromatic rings. The van der Waals surface area contributed by atoms with Crippen molar-refractivity contribution in [3.8, 4) is 22.4 Å². The largest absolute Gasteiger partial charge is 0.416 e. The average Bonchev–Trinajstić information content (AvgIpc) is 3.35. The highest BCUT2D eigenvalue weighted by molar-refractivity contribution is 6.34. The van der Waals surface area contributed by atoms with E-state index in [0.717, 1.165) is 12.8 Å². The third-order valence-corrected chi connectivity index (χ3v) is 5.01. The number of alkyl halides is 3. The van der Waals surface area contributed by atoms with Gasteiger partial charge in [0.1, 0.15) is 17.3 Å². The van der Waals surface area contributed by atoms with Crippen LogP contribution in [0.4, 0.5) is 22.0 Å². The molecule has 1 aromatic heterocycles. The van der Waals surface area contributed by atoms with Crippen LogP contribution >= 0.6 is 11.6 Å². The molecule has 1 saturated carbocycles. The standard InChI is InChI=1S/C20H13ClF5N3O/c21-14-4-1-9(5-12(14)19(30)28-11-2-3-11)13-8-27-29-18(13)17-15(22)6-10(7-16(17)23)20(24,25)26/h1,4-8,11H,2-3H2,(H,27,29)(H,28,30). The van der Waals surface area contributed by atoms with Crippen molar-refractivity contribution in [1.82, 2.24) is 15.5 Å². The Morgan fingerprint density at radius 3 is 2.40 bits per heavy atom. The number of aromatic nitrogens is 2. The van der Waals surface area contributed by atoms with Crippen LogP contribution in [0.15, 0.2) is 36.5 Å². The predicted molar refractivity (Wildman–Crippen MR) is 99.9 cm³/mol. The Balaban J connectivity index is 1.77. The molecule has 0 spiro atoms. The minimum absolute atomic E-state index is 0.0945. The van der Waals surface area contributed by atoms with E-state index in [0.29, 0.717) is 5.56 Å². The Bertz CT molecular complexity index is 1110. The van der Waals surface area contributed by atoms with Gasteiger partial charge in [0, 0.05) is 17.8 Å². The number of amides is 1. The molecule has 30 heavy (non-hydrogen) atoms. The van der Waals surface area contributed by atoms with E-state index >= 15 is 0 Å². The van der Waals surface area contributed by atoms with Crippen molar-refractivity contribution < 1.29 is 26.7 Å². The van der Waals surface area contributed by atoms with E-state index in [-0.39, 0.29) is 45.9 Å². The topological polar surface area (TPSA) is 57.8 Å². The van der Waals surface area contributed by atoms with Crippen LogP contribution < -0.4 is 5.32 Å². The maximum absolute atomic E-state index is 14.4. The highest BCUT2D eigenvalue weighted by Crippen LogP contribution is 2.38. The highest BCUT2D eigenvalue weighted by Gasteiger charge is 2.33. The first kappa shape index (κ1) is 20.3. The van der Waals surface area contributed by atoms with Crippen LogP contribution in [-0.2, 0) is 6.18 Å². The molecular formula is C20H13ClF5N3O. The van der Waals surface area contributed by atoms with Gasteiger partial charge in [0.25, 0.3) is 5.91 Å². The summed E-state index contributed by atoms with van der Waals surface area (Å²) in [5.74, 6) is -3.20. The van der Waals surface area contributed by atoms with Gasteiger partial charge in [0.05, 0.1) is 21.7 Å². The Morgan fingerprint density at radius 1 is 1.13 bits per heavy atom. The number of benzene rings is 2. The summed E-state index contributed by atoms with van der Waals surface area (Å²) in [7, 11) is 0. The summed E-state index contributed by atoms with van der Waals surface area (Å²) in [5, 5.41) is 9.26. The minimum Gasteiger partial charge on any atom is -0.349 e. The number of carbonyl (C=O) groups is 1. The maximum Gasteiger partial charge on any atom is 0.416 e. The monoisotopic (exact) mass is 441 g/mol. The molecule has 2 N–H and O–H groups in total. The smallest absolute Gasteiger partial charge is 0.349 e. The lowest BCUT2D eigenvalue weighted by Crippen LogP contribution is -2.25. The van der Waals surface area contributed by atoms with Crippen molar-refractivity contribution >= 4 is 17.5 Å². The van der Waals surface area contributed by atoms with Crippen molar-refractivity contribution in [2.75, 3.05) is 0 Å². The molecule has 1 amide bonds. The fourth-order valence-electron chi connectivity index (χ4n) is 3.02. The molecule has 1 aliphatic rings. The second kappa shape index (κ2) is 7.39. The van der Waals surface area contributed by atoms with E-state index in [1.165, 1.54) is 24.4 Å². The van der Waals surface area contributed by atoms with Gasteiger partial charge in [-0.25, -0.2) is 8.78 Å². The second-order valence-corrected chi connectivity index (χ2v) is 7.31. The van der Waals surface area contributed by atoms with Crippen molar-refractivity contribution in [3.63, 3.8) is 0 Å². The van der Waals surface area contributed by atoms with Crippen molar-refractivity contribution in [2.24, 2.45) is 0 Å². The van der Waals surface area contributed by atoms with Crippen molar-refractivity contribution in [3.05, 3.63) is 64.3 Å². The molecule has 0 radical (unpaired) electrons. The van der Waals surface area contributed by atoms with Gasteiger partial charge in [-0.15, -0.1) is 0 Å². The van der Waals surface area contributed by atoms with Gasteiger partial charge in [-0.1, -0.05) is 17.7 Å². The first-order chi connectivity index (χ1) is 14.1. The molecule has 0 saturated heterocycles. The summed E-state index contributed by atoms with van der Waals surface area (Å²) >= 11 is 6.11. The normalized spacial score (nSPS) is 14.1. The molecule has 0 atom stereocenters. The van der Waals surface area contributed by atoms with Crippen LogP contribution in [0.2, 0.25) is 5.02 Å². The Hall–Kier alpha value is -2.94. The lowest BCUT2D eigenvalue weighted by atomic mass is 9.98. The quantitative estimate of drug-likeness (QED) is 0.519. The lowest BCUT2D eigenvalue weighted by molar-refractivity contribution is -0.138. The zero-order valence-corrected chi connectivity index (χ0v) is 15.8. The van der Waals surface area contributed by atoms with Crippen LogP contribution in [0, 0.1) is 11.6 Å². The number of carbonyl (C=O) groups excluding carboxylic acids is 1. The number of H-pyrrole nitrogens is 1. The van der Waals surface area contributed by atoms with E-state index in [1.807, 2.05) is 0 Å². The summed E-state index contributed by atoms with van der Waals surface area (Å²) in [4.78, 5) is 12.4. The molecule has 0 aliphatic heterocycles. The summed E-state index contributed by atoms with van der Waals surface area (Å²) in [5.41, 5.74) is -1.65. The average molecular weight is 442 g/mol. The molecule has 4 nitrogen and oxygen atoms in total. The summed E-state index contributed by atoms with van der Waals surface area (Å²) < 4.78 is 67.3. The fourth-order valence-corrected chi connectivity index (χ4v) is 3.22. The maximum atomic E-state index is 14.4. The first-order valence-corrected chi connectivity index (χ1v) is 9.24.